The van der Waals surface area contributed by atoms with Crippen LogP contribution in [0.5, 0.6) is 17.2 Å². The fraction of sp³-hybridized carbons (Fsp3) is 0.457. The van der Waals surface area contributed by atoms with E-state index >= 15 is 0 Å². The number of nitrogens with one attached hydrogen (secondary N) is 1. The largest absolute Gasteiger partial charge is 0.488 e. The molecular formula is C35H42N4O8S. The van der Waals surface area contributed by atoms with Gasteiger partial charge in [-0.15, -0.1) is 0 Å². The summed E-state index contributed by atoms with van der Waals surface area (Å²) >= 11 is 1.32. The van der Waals surface area contributed by atoms with Crippen molar-refractivity contribution < 1.29 is 38.1 Å². The molecule has 2 aromatic carbocycles. The highest BCUT2D eigenvalue weighted by Gasteiger charge is 2.28. The molecule has 0 spiro atoms. The lowest BCUT2D eigenvalue weighted by Crippen LogP contribution is -2.42. The predicted octanol–water partition coefficient (Wildman–Crippen LogP) is 5.28. The Bertz CT molecular complexity index is 1640. The van der Waals surface area contributed by atoms with Crippen LogP contribution in [0.3, 0.4) is 0 Å². The van der Waals surface area contributed by atoms with E-state index in [4.69, 9.17) is 18.9 Å². The first-order valence-electron chi connectivity index (χ1n) is 16.0. The molecule has 2 amide bonds. The smallest absolute Gasteiger partial charge is 0.410 e. The average Bonchev–Trinajstić information content (AvgIpc) is 3.40. The Hall–Kier alpha value is -4.33. The number of hydrogen-bond donors (Lipinski definition) is 1. The van der Waals surface area contributed by atoms with E-state index in [0.717, 1.165) is 30.1 Å². The number of carbonyl (C=O) groups excluding carboxylic acids is 4. The van der Waals surface area contributed by atoms with Gasteiger partial charge in [0.2, 0.25) is 11.6 Å². The quantitative estimate of drug-likeness (QED) is 0.238. The van der Waals surface area contributed by atoms with Crippen LogP contribution in [0.1, 0.15) is 60.6 Å². The summed E-state index contributed by atoms with van der Waals surface area (Å²) in [7, 11) is 1.58. The number of nitrogens with zero attached hydrogens (tertiary/aromatic N) is 3. The molecule has 0 aliphatic carbocycles. The number of Topliss-reactive ketones (excluding diaryl/α,β-unsaturated/α-hetero) is 2. The van der Waals surface area contributed by atoms with E-state index in [1.54, 1.807) is 54.5 Å². The van der Waals surface area contributed by atoms with E-state index in [-0.39, 0.29) is 30.9 Å². The fourth-order valence-corrected chi connectivity index (χ4v) is 6.18. The summed E-state index contributed by atoms with van der Waals surface area (Å²) in [6.45, 7) is 10.4. The molecule has 2 aliphatic rings. The number of aromatic nitrogens is 1. The van der Waals surface area contributed by atoms with Gasteiger partial charge in [-0.05, 0) is 77.0 Å². The van der Waals surface area contributed by atoms with Crippen LogP contribution in [0.4, 0.5) is 9.93 Å². The van der Waals surface area contributed by atoms with E-state index in [1.807, 2.05) is 32.6 Å². The molecule has 0 bridgehead atoms. The van der Waals surface area contributed by atoms with Gasteiger partial charge in [0.1, 0.15) is 29.0 Å². The maximum Gasteiger partial charge on any atom is 0.410 e. The van der Waals surface area contributed by atoms with Crippen LogP contribution >= 0.6 is 11.3 Å². The lowest BCUT2D eigenvalue weighted by atomic mass is 10.1. The highest BCUT2D eigenvalue weighted by atomic mass is 32.1. The van der Waals surface area contributed by atoms with Crippen molar-refractivity contribution in [3.8, 4) is 17.2 Å². The number of thiazole rings is 1. The maximum absolute atomic E-state index is 13.5. The Labute approximate surface area is 284 Å². The summed E-state index contributed by atoms with van der Waals surface area (Å²) < 4.78 is 22.8. The summed E-state index contributed by atoms with van der Waals surface area (Å²) in [4.78, 5) is 59.9. The number of benzene rings is 2. The van der Waals surface area contributed by atoms with Crippen LogP contribution in [0.15, 0.2) is 42.5 Å². The van der Waals surface area contributed by atoms with Gasteiger partial charge in [-0.25, -0.2) is 9.78 Å². The molecule has 1 unspecified atom stereocenters. The van der Waals surface area contributed by atoms with Gasteiger partial charge in [-0.1, -0.05) is 23.5 Å². The lowest BCUT2D eigenvalue weighted by Gasteiger charge is -2.29. The topological polar surface area (TPSA) is 137 Å². The van der Waals surface area contributed by atoms with E-state index in [2.05, 4.69) is 10.3 Å². The molecule has 5 rings (SSSR count). The average molecular weight is 679 g/mol. The maximum atomic E-state index is 13.5. The molecule has 1 saturated heterocycles. The molecule has 1 N–H and O–H groups in total. The van der Waals surface area contributed by atoms with Crippen LogP contribution in [0.25, 0.3) is 0 Å². The van der Waals surface area contributed by atoms with Crippen molar-refractivity contribution in [2.24, 2.45) is 0 Å². The number of rotatable bonds is 13. The van der Waals surface area contributed by atoms with Gasteiger partial charge in [0.25, 0.3) is 5.91 Å². The third-order valence-electron chi connectivity index (χ3n) is 7.63. The number of ether oxygens (including phenoxy) is 4. The van der Waals surface area contributed by atoms with Gasteiger partial charge < -0.3 is 23.8 Å². The molecule has 256 valence electrons. The summed E-state index contributed by atoms with van der Waals surface area (Å²) in [6.07, 6.45) is 0.968. The van der Waals surface area contributed by atoms with Crippen molar-refractivity contribution >= 4 is 40.0 Å². The second kappa shape index (κ2) is 15.3. The second-order valence-electron chi connectivity index (χ2n) is 13.0. The van der Waals surface area contributed by atoms with Gasteiger partial charge >= 0.3 is 6.09 Å². The van der Waals surface area contributed by atoms with Crippen molar-refractivity contribution in [3.05, 3.63) is 64.2 Å². The first-order valence-corrected chi connectivity index (χ1v) is 16.8. The van der Waals surface area contributed by atoms with Crippen LogP contribution in [-0.4, -0.2) is 90.0 Å². The standard InChI is InChI=1S/C35H42N4O8S/c1-22(21-44-5)45-26-16-24(32(42)37-33-36-28-11-14-39(20-31(28)48-33)34(43)47-35(2,3)4)17-27(18-26)46-25-9-7-23(8-10-25)15-29(40)30(41)19-38-12-6-13-38/h7-10,16-18,22H,6,11-15,19-21H2,1-5H3,(H,36,37,42). The third kappa shape index (κ3) is 9.61. The zero-order chi connectivity index (χ0) is 34.4. The number of ketones is 2. The van der Waals surface area contributed by atoms with E-state index in [9.17, 15) is 19.2 Å². The molecule has 1 fully saturated rings. The van der Waals surface area contributed by atoms with Crippen molar-refractivity contribution in [2.75, 3.05) is 45.2 Å². The first kappa shape index (κ1) is 35.0. The molecule has 2 aliphatic heterocycles. The number of methoxy groups -OCH3 is 1. The molecule has 48 heavy (non-hydrogen) atoms. The number of amides is 2. The van der Waals surface area contributed by atoms with Crippen LogP contribution in [0, 0.1) is 0 Å². The Morgan fingerprint density at radius 3 is 2.38 bits per heavy atom. The zero-order valence-electron chi connectivity index (χ0n) is 28.0. The minimum atomic E-state index is -0.592. The molecule has 3 aromatic rings. The summed E-state index contributed by atoms with van der Waals surface area (Å²) in [6, 6.07) is 11.8. The van der Waals surface area contributed by atoms with Gasteiger partial charge in [-0.3, -0.25) is 24.6 Å². The predicted molar refractivity (Wildman–Crippen MR) is 180 cm³/mol. The molecule has 12 nitrogen and oxygen atoms in total. The van der Waals surface area contributed by atoms with E-state index < -0.39 is 17.3 Å². The Morgan fingerprint density at radius 1 is 0.979 bits per heavy atom. The summed E-state index contributed by atoms with van der Waals surface area (Å²) in [5.41, 5.74) is 1.24. The Kier molecular flexibility index (Phi) is 11.1. The molecular weight excluding hydrogens is 636 g/mol. The van der Waals surface area contributed by atoms with E-state index in [1.165, 1.54) is 11.3 Å². The minimum absolute atomic E-state index is 0.0250. The molecule has 0 radical (unpaired) electrons. The number of anilines is 1. The minimum Gasteiger partial charge on any atom is -0.488 e. The fourth-order valence-electron chi connectivity index (χ4n) is 5.16. The molecule has 3 heterocycles. The Morgan fingerprint density at radius 2 is 1.71 bits per heavy atom. The molecule has 0 saturated carbocycles. The number of likely N-dealkylation sites (tertiary alicyclic amines) is 1. The molecule has 1 aromatic heterocycles. The van der Waals surface area contributed by atoms with Gasteiger partial charge in [0.05, 0.1) is 25.4 Å². The second-order valence-corrected chi connectivity index (χ2v) is 14.1. The van der Waals surface area contributed by atoms with Gasteiger partial charge in [0.15, 0.2) is 5.13 Å². The lowest BCUT2D eigenvalue weighted by molar-refractivity contribution is -0.137. The SMILES string of the molecule is COCC(C)Oc1cc(Oc2ccc(CC(=O)C(=O)CN3CCC3)cc2)cc(C(=O)Nc2nc3c(s2)CN(C(=O)OC(C)(C)C)CC3)c1. The summed E-state index contributed by atoms with van der Waals surface area (Å²) in [5.74, 6) is 0.0628. The number of hydrogen-bond acceptors (Lipinski definition) is 11. The van der Waals surface area contributed by atoms with Crippen LogP contribution in [-0.2, 0) is 38.4 Å². The van der Waals surface area contributed by atoms with Crippen molar-refractivity contribution in [2.45, 2.75) is 65.2 Å². The number of fused-ring (bicyclic) bond motifs is 1. The van der Waals surface area contributed by atoms with Gasteiger partial charge in [-0.2, -0.15) is 0 Å². The number of carbonyl (C=O) groups is 4. The van der Waals surface area contributed by atoms with Crippen molar-refractivity contribution in [1.82, 2.24) is 14.8 Å². The molecule has 1 atom stereocenters. The van der Waals surface area contributed by atoms with Crippen molar-refractivity contribution in [1.29, 1.82) is 0 Å². The van der Waals surface area contributed by atoms with Crippen molar-refractivity contribution in [3.63, 3.8) is 0 Å². The summed E-state index contributed by atoms with van der Waals surface area (Å²) in [5, 5.41) is 3.31. The zero-order valence-corrected chi connectivity index (χ0v) is 28.8. The third-order valence-corrected chi connectivity index (χ3v) is 8.63. The van der Waals surface area contributed by atoms with Crippen LogP contribution in [0.2, 0.25) is 0 Å². The monoisotopic (exact) mass is 678 g/mol. The molecule has 13 heteroatoms. The van der Waals surface area contributed by atoms with Crippen LogP contribution < -0.4 is 14.8 Å². The normalized spacial score (nSPS) is 15.1. The first-order chi connectivity index (χ1) is 22.8. The van der Waals surface area contributed by atoms with Gasteiger partial charge in [0, 0.05) is 43.0 Å². The highest BCUT2D eigenvalue weighted by molar-refractivity contribution is 7.15. The highest BCUT2D eigenvalue weighted by Crippen LogP contribution is 2.32. The van der Waals surface area contributed by atoms with E-state index in [0.29, 0.717) is 59.6 Å². The Balaban J connectivity index is 1.26.